The number of rotatable bonds is 36. The minimum atomic E-state index is -3.04. The summed E-state index contributed by atoms with van der Waals surface area (Å²) in [4.78, 5) is 35.2. The van der Waals surface area contributed by atoms with E-state index in [9.17, 15) is 28.4 Å². The predicted molar refractivity (Wildman–Crippen MR) is 225 cm³/mol. The van der Waals surface area contributed by atoms with Gasteiger partial charge in [0.15, 0.2) is 0 Å². The van der Waals surface area contributed by atoms with Crippen LogP contribution in [0.2, 0.25) is 0 Å². The minimum absolute atomic E-state index is 0. The zero-order valence-electron chi connectivity index (χ0n) is 35.8. The van der Waals surface area contributed by atoms with E-state index >= 15 is 0 Å². The van der Waals surface area contributed by atoms with Gasteiger partial charge >= 0.3 is 35.6 Å². The normalized spacial score (nSPS) is 11.7. The van der Waals surface area contributed by atoms with E-state index < -0.39 is 22.1 Å². The molecule has 0 N–H and O–H groups in total. The summed E-state index contributed by atoms with van der Waals surface area (Å²) in [5.41, 5.74) is 0. The summed E-state index contributed by atoms with van der Waals surface area (Å²) in [7, 11) is -9.12. The van der Waals surface area contributed by atoms with Gasteiger partial charge in [-0.25, -0.2) is 0 Å². The van der Waals surface area contributed by atoms with Gasteiger partial charge in [0.05, 0.1) is 0 Å². The van der Waals surface area contributed by atoms with Crippen molar-refractivity contribution in [2.45, 2.75) is 234 Å². The summed E-state index contributed by atoms with van der Waals surface area (Å²) in [5, 5.41) is 0. The zero-order valence-corrected chi connectivity index (χ0v) is 42.1. The molecule has 312 valence electrons. The first kappa shape index (κ1) is 60.4. The number of hydrogen-bond donors (Lipinski definition) is 0. The molecular formula is C42H90LaO6P3. The van der Waals surface area contributed by atoms with Crippen molar-refractivity contribution >= 4 is 22.1 Å². The first-order valence-electron chi connectivity index (χ1n) is 22.2. The fourth-order valence-electron chi connectivity index (χ4n) is 6.07. The maximum absolute atomic E-state index is 11.7. The van der Waals surface area contributed by atoms with Crippen LogP contribution in [-0.4, -0.2) is 37.0 Å². The molecule has 52 heavy (non-hydrogen) atoms. The predicted octanol–water partition coefficient (Wildman–Crippen LogP) is 13.7. The fourth-order valence-corrected chi connectivity index (χ4v) is 11.0. The van der Waals surface area contributed by atoms with Crippen LogP contribution < -0.4 is 14.7 Å². The average Bonchev–Trinajstić information content (AvgIpc) is 3.08. The van der Waals surface area contributed by atoms with Gasteiger partial charge in [-0.3, -0.25) is 0 Å². The molecule has 0 unspecified atom stereocenters. The smallest absolute Gasteiger partial charge is 0.799 e. The Morgan fingerprint density at radius 1 is 0.250 bits per heavy atom. The Labute approximate surface area is 354 Å². The molecule has 0 heterocycles. The van der Waals surface area contributed by atoms with E-state index in [0.29, 0.717) is 37.0 Å². The molecule has 0 aliphatic rings. The third-order valence-corrected chi connectivity index (χ3v) is 15.6. The molecule has 0 saturated heterocycles. The summed E-state index contributed by atoms with van der Waals surface area (Å²) in [6.07, 6.45) is 36.1. The van der Waals surface area contributed by atoms with E-state index in [1.165, 1.54) is 116 Å². The Balaban J connectivity index is -0.000000329. The van der Waals surface area contributed by atoms with E-state index in [1.54, 1.807) is 0 Å². The van der Waals surface area contributed by atoms with E-state index in [0.717, 1.165) is 77.0 Å². The Morgan fingerprint density at radius 2 is 0.365 bits per heavy atom. The Kier molecular flexibility index (Phi) is 52.8. The molecule has 0 aliphatic heterocycles. The Hall–Kier alpha value is 1.76. The Morgan fingerprint density at radius 3 is 0.481 bits per heavy atom. The monoisotopic (exact) mass is 923 g/mol. The summed E-state index contributed by atoms with van der Waals surface area (Å²) in [5.74, 6) is 0. The van der Waals surface area contributed by atoms with Crippen molar-refractivity contribution in [3.8, 4) is 0 Å². The second-order valence-corrected chi connectivity index (χ2v) is 22.8. The van der Waals surface area contributed by atoms with Crippen LogP contribution in [0.25, 0.3) is 0 Å². The van der Waals surface area contributed by atoms with Crippen molar-refractivity contribution in [2.75, 3.05) is 37.0 Å². The quantitative estimate of drug-likeness (QED) is 0.0456. The van der Waals surface area contributed by atoms with E-state index in [1.807, 2.05) is 0 Å². The number of unbranched alkanes of at least 4 members (excludes halogenated alkanes) is 24. The van der Waals surface area contributed by atoms with Gasteiger partial charge in [-0.05, 0) is 75.5 Å². The molecule has 10 heteroatoms. The summed E-state index contributed by atoms with van der Waals surface area (Å²) in [6, 6.07) is 0. The van der Waals surface area contributed by atoms with Crippen LogP contribution >= 0.6 is 22.1 Å². The molecule has 0 bridgehead atoms. The maximum atomic E-state index is 11.7. The molecule has 0 aromatic carbocycles. The summed E-state index contributed by atoms with van der Waals surface area (Å²) < 4.78 is 35.2. The molecular weight excluding hydrogens is 832 g/mol. The van der Waals surface area contributed by atoms with Crippen LogP contribution in [0.3, 0.4) is 0 Å². The molecule has 0 aliphatic carbocycles. The largest absolute Gasteiger partial charge is 3.00 e. The van der Waals surface area contributed by atoms with E-state index in [4.69, 9.17) is 0 Å². The van der Waals surface area contributed by atoms with Gasteiger partial charge in [-0.2, -0.15) is 0 Å². The van der Waals surface area contributed by atoms with Crippen LogP contribution in [0.4, 0.5) is 0 Å². The van der Waals surface area contributed by atoms with Gasteiger partial charge in [0.1, 0.15) is 0 Å². The van der Waals surface area contributed by atoms with Gasteiger partial charge in [0.2, 0.25) is 0 Å². The maximum Gasteiger partial charge on any atom is 3.00 e. The third kappa shape index (κ3) is 53.9. The third-order valence-electron chi connectivity index (χ3n) is 9.61. The van der Waals surface area contributed by atoms with Gasteiger partial charge in [0, 0.05) is 22.1 Å². The van der Waals surface area contributed by atoms with Crippen LogP contribution in [0.15, 0.2) is 0 Å². The average molecular weight is 923 g/mol. The standard InChI is InChI=1S/3C14H31O2P.La/c3*1-3-5-7-9-11-13-17(15,16)14-12-10-8-6-4-2;/h3*3-14H2,1-2H3,(H,15,16);/q;;;+3/p-3. The van der Waals surface area contributed by atoms with Crippen molar-refractivity contribution in [1.82, 2.24) is 0 Å². The molecule has 0 atom stereocenters. The zero-order chi connectivity index (χ0) is 39.0. The van der Waals surface area contributed by atoms with Gasteiger partial charge in [0.25, 0.3) is 0 Å². The van der Waals surface area contributed by atoms with E-state index in [2.05, 4.69) is 41.5 Å². The van der Waals surface area contributed by atoms with Gasteiger partial charge in [-0.1, -0.05) is 196 Å². The summed E-state index contributed by atoms with van der Waals surface area (Å²) >= 11 is 0. The topological polar surface area (TPSA) is 120 Å². The first-order valence-corrected chi connectivity index (χ1v) is 28.2. The van der Waals surface area contributed by atoms with Gasteiger partial charge in [-0.15, -0.1) is 0 Å². The minimum Gasteiger partial charge on any atom is -0.799 e. The first-order chi connectivity index (χ1) is 24.4. The molecule has 0 aromatic rings. The SMILES string of the molecule is CCCCCCCP(=O)([O-])CCCCCCC.CCCCCCCP(=O)([O-])CCCCCCC.CCCCCCCP(=O)([O-])CCCCCCC.[La+3]. The number of hydrogen-bond acceptors (Lipinski definition) is 6. The van der Waals surface area contributed by atoms with Crippen LogP contribution in [0.5, 0.6) is 0 Å². The summed E-state index contributed by atoms with van der Waals surface area (Å²) in [6.45, 7) is 13.1. The fraction of sp³-hybridized carbons (Fsp3) is 1.00. The molecule has 6 nitrogen and oxygen atoms in total. The van der Waals surface area contributed by atoms with E-state index in [-0.39, 0.29) is 35.6 Å². The van der Waals surface area contributed by atoms with Crippen molar-refractivity contribution in [1.29, 1.82) is 0 Å². The molecule has 0 rings (SSSR count). The molecule has 0 radical (unpaired) electrons. The van der Waals surface area contributed by atoms with Crippen LogP contribution in [-0.2, 0) is 13.7 Å². The second kappa shape index (κ2) is 45.5. The van der Waals surface area contributed by atoms with Crippen molar-refractivity contribution in [3.63, 3.8) is 0 Å². The van der Waals surface area contributed by atoms with Crippen LogP contribution in [0, 0.1) is 35.6 Å². The molecule has 0 amide bonds. The van der Waals surface area contributed by atoms with Crippen molar-refractivity contribution in [3.05, 3.63) is 0 Å². The molecule has 0 saturated carbocycles. The van der Waals surface area contributed by atoms with Crippen LogP contribution in [0.1, 0.15) is 234 Å². The van der Waals surface area contributed by atoms with Gasteiger partial charge < -0.3 is 28.4 Å². The molecule has 0 aromatic heterocycles. The van der Waals surface area contributed by atoms with Crippen molar-refractivity contribution in [2.24, 2.45) is 0 Å². The molecule has 0 spiro atoms. The Bertz CT molecular complexity index is 671. The second-order valence-electron chi connectivity index (χ2n) is 15.3. The van der Waals surface area contributed by atoms with Crippen molar-refractivity contribution < 1.29 is 64.0 Å². The molecule has 0 fully saturated rings.